The van der Waals surface area contributed by atoms with Gasteiger partial charge in [0.15, 0.2) is 0 Å². The van der Waals surface area contributed by atoms with Gasteiger partial charge in [0.2, 0.25) is 10.0 Å². The number of aryl methyl sites for hydroxylation is 1. The van der Waals surface area contributed by atoms with Gasteiger partial charge in [0.1, 0.15) is 0 Å². The molecule has 1 N–H and O–H groups in total. The Kier molecular flexibility index (Phi) is 5.87. The van der Waals surface area contributed by atoms with Crippen LogP contribution in [0, 0.1) is 0 Å². The molecule has 0 spiro atoms. The Hall–Kier alpha value is -1.90. The van der Waals surface area contributed by atoms with Gasteiger partial charge >= 0.3 is 0 Å². The number of nitrogens with zero attached hydrogens (tertiary/aromatic N) is 1. The molecule has 0 fully saturated rings. The molecule has 2 aromatic rings. The molecule has 0 atom stereocenters. The molecule has 8 heteroatoms. The molecule has 0 aliphatic heterocycles. The zero-order valence-electron chi connectivity index (χ0n) is 14.4. The summed E-state index contributed by atoms with van der Waals surface area (Å²) < 4.78 is 52.5. The summed E-state index contributed by atoms with van der Waals surface area (Å²) in [4.78, 5) is 0.265. The smallest absolute Gasteiger partial charge is 0.261 e. The van der Waals surface area contributed by atoms with Crippen molar-refractivity contribution < 1.29 is 18.3 Å². The van der Waals surface area contributed by atoms with Crippen molar-refractivity contribution in [2.75, 3.05) is 18.8 Å². The molecule has 0 aromatic heterocycles. The summed E-state index contributed by atoms with van der Waals surface area (Å²) in [6.07, 6.45) is 1.89. The lowest BCUT2D eigenvalue weighted by Gasteiger charge is -2.12. The van der Waals surface area contributed by atoms with Crippen molar-refractivity contribution in [3.05, 3.63) is 54.1 Å². The van der Waals surface area contributed by atoms with Crippen LogP contribution in [0.15, 0.2) is 58.3 Å². The topological polar surface area (TPSA) is 83.5 Å². The van der Waals surface area contributed by atoms with Crippen LogP contribution in [0.3, 0.4) is 0 Å². The van der Waals surface area contributed by atoms with Crippen LogP contribution in [0.2, 0.25) is 0 Å². The van der Waals surface area contributed by atoms with Gasteiger partial charge in [-0.05, 0) is 48.4 Å². The van der Waals surface area contributed by atoms with Crippen LogP contribution in [-0.4, -0.2) is 35.2 Å². The fourth-order valence-electron chi connectivity index (χ4n) is 2.24. The zero-order chi connectivity index (χ0) is 18.7. The van der Waals surface area contributed by atoms with Gasteiger partial charge in [0.25, 0.3) is 10.0 Å². The average Bonchev–Trinajstić information content (AvgIpc) is 2.55. The maximum absolute atomic E-state index is 12.4. The molecule has 2 rings (SSSR count). The SMILES string of the molecule is CCCc1ccc(S(=O)(=O)Nc2ccc(S(=O)(=O)N(C)C)cc2)cc1.[HH]. The third kappa shape index (κ3) is 4.59. The summed E-state index contributed by atoms with van der Waals surface area (Å²) in [5, 5.41) is 0. The van der Waals surface area contributed by atoms with E-state index in [1.165, 1.54) is 38.4 Å². The van der Waals surface area contributed by atoms with Gasteiger partial charge in [-0.15, -0.1) is 0 Å². The number of benzene rings is 2. The Morgan fingerprint density at radius 2 is 1.40 bits per heavy atom. The molecular formula is C17H24N2O4S2. The number of rotatable bonds is 7. The van der Waals surface area contributed by atoms with Crippen molar-refractivity contribution in [3.8, 4) is 0 Å². The Morgan fingerprint density at radius 1 is 0.880 bits per heavy atom. The quantitative estimate of drug-likeness (QED) is 0.795. The number of anilines is 1. The summed E-state index contributed by atoms with van der Waals surface area (Å²) in [5.41, 5.74) is 1.38. The summed E-state index contributed by atoms with van der Waals surface area (Å²) in [6.45, 7) is 2.06. The molecule has 0 amide bonds. The molecule has 0 aliphatic carbocycles. The first-order chi connectivity index (χ1) is 11.7. The summed E-state index contributed by atoms with van der Waals surface area (Å²) >= 11 is 0. The van der Waals surface area contributed by atoms with Crippen LogP contribution < -0.4 is 4.72 Å². The van der Waals surface area contributed by atoms with Gasteiger partial charge in [-0.1, -0.05) is 25.5 Å². The van der Waals surface area contributed by atoms with Crippen LogP contribution in [-0.2, 0) is 26.5 Å². The third-order valence-electron chi connectivity index (χ3n) is 3.66. The zero-order valence-corrected chi connectivity index (χ0v) is 16.1. The van der Waals surface area contributed by atoms with Crippen LogP contribution in [0.25, 0.3) is 0 Å². The molecule has 2 aromatic carbocycles. The van der Waals surface area contributed by atoms with E-state index in [2.05, 4.69) is 11.6 Å². The molecule has 6 nitrogen and oxygen atoms in total. The number of hydrogen-bond donors (Lipinski definition) is 1. The van der Waals surface area contributed by atoms with Crippen molar-refractivity contribution in [2.45, 2.75) is 29.6 Å². The second-order valence-electron chi connectivity index (χ2n) is 5.81. The van der Waals surface area contributed by atoms with Gasteiger partial charge < -0.3 is 0 Å². The van der Waals surface area contributed by atoms with Gasteiger partial charge in [0, 0.05) is 21.2 Å². The Labute approximate surface area is 151 Å². The minimum absolute atomic E-state index is 0. The second kappa shape index (κ2) is 7.55. The molecule has 0 radical (unpaired) electrons. The Balaban J connectivity index is 0.00000338. The normalized spacial score (nSPS) is 12.3. The first-order valence-electron chi connectivity index (χ1n) is 7.81. The predicted octanol–water partition coefficient (Wildman–Crippen LogP) is 2.94. The van der Waals surface area contributed by atoms with Crippen molar-refractivity contribution in [2.24, 2.45) is 0 Å². The van der Waals surface area contributed by atoms with E-state index in [4.69, 9.17) is 0 Å². The highest BCUT2D eigenvalue weighted by Gasteiger charge is 2.18. The van der Waals surface area contributed by atoms with E-state index in [0.717, 1.165) is 22.7 Å². The fraction of sp³-hybridized carbons (Fsp3) is 0.294. The van der Waals surface area contributed by atoms with Gasteiger partial charge in [0.05, 0.1) is 9.79 Å². The van der Waals surface area contributed by atoms with E-state index in [-0.39, 0.29) is 11.2 Å². The van der Waals surface area contributed by atoms with Crippen LogP contribution in [0.4, 0.5) is 5.69 Å². The largest absolute Gasteiger partial charge is 0.280 e. The monoisotopic (exact) mass is 384 g/mol. The molecule has 0 unspecified atom stereocenters. The second-order valence-corrected chi connectivity index (χ2v) is 9.65. The maximum Gasteiger partial charge on any atom is 0.261 e. The highest BCUT2D eigenvalue weighted by molar-refractivity contribution is 7.92. The van der Waals surface area contributed by atoms with Crippen molar-refractivity contribution in [3.63, 3.8) is 0 Å². The highest BCUT2D eigenvalue weighted by atomic mass is 32.2. The maximum atomic E-state index is 12.4. The van der Waals surface area contributed by atoms with E-state index in [1.54, 1.807) is 24.3 Å². The first-order valence-corrected chi connectivity index (χ1v) is 10.7. The molecule has 0 aliphatic rings. The summed E-state index contributed by atoms with van der Waals surface area (Å²) in [6, 6.07) is 12.3. The predicted molar refractivity (Wildman–Crippen MR) is 101 cm³/mol. The number of sulfonamides is 2. The van der Waals surface area contributed by atoms with E-state index in [1.807, 2.05) is 0 Å². The number of nitrogens with one attached hydrogen (secondary N) is 1. The van der Waals surface area contributed by atoms with Gasteiger partial charge in [-0.25, -0.2) is 21.1 Å². The molecule has 0 saturated carbocycles. The number of hydrogen-bond acceptors (Lipinski definition) is 4. The van der Waals surface area contributed by atoms with E-state index < -0.39 is 20.0 Å². The lowest BCUT2D eigenvalue weighted by Crippen LogP contribution is -2.22. The minimum atomic E-state index is -3.72. The fourth-order valence-corrected chi connectivity index (χ4v) is 4.20. The van der Waals surface area contributed by atoms with Crippen molar-refractivity contribution in [1.29, 1.82) is 0 Å². The van der Waals surface area contributed by atoms with Crippen LogP contribution in [0.5, 0.6) is 0 Å². The molecule has 138 valence electrons. The van der Waals surface area contributed by atoms with Crippen molar-refractivity contribution in [1.82, 2.24) is 4.31 Å². The molecular weight excluding hydrogens is 360 g/mol. The van der Waals surface area contributed by atoms with E-state index in [9.17, 15) is 16.8 Å². The van der Waals surface area contributed by atoms with Gasteiger partial charge in [-0.3, -0.25) is 4.72 Å². The van der Waals surface area contributed by atoms with Crippen molar-refractivity contribution >= 4 is 25.7 Å². The van der Waals surface area contributed by atoms with E-state index in [0.29, 0.717) is 5.69 Å². The molecule has 25 heavy (non-hydrogen) atoms. The molecule has 0 bridgehead atoms. The summed E-state index contributed by atoms with van der Waals surface area (Å²) in [5.74, 6) is 0. The minimum Gasteiger partial charge on any atom is -0.280 e. The van der Waals surface area contributed by atoms with Crippen LogP contribution >= 0.6 is 0 Å². The first kappa shape index (κ1) is 19.4. The lowest BCUT2D eigenvalue weighted by atomic mass is 10.1. The molecule has 0 heterocycles. The Morgan fingerprint density at radius 3 is 1.88 bits per heavy atom. The highest BCUT2D eigenvalue weighted by Crippen LogP contribution is 2.20. The third-order valence-corrected chi connectivity index (χ3v) is 6.88. The average molecular weight is 385 g/mol. The van der Waals surface area contributed by atoms with Gasteiger partial charge in [-0.2, -0.15) is 0 Å². The lowest BCUT2D eigenvalue weighted by molar-refractivity contribution is 0.521. The summed E-state index contributed by atoms with van der Waals surface area (Å²) in [7, 11) is -4.39. The van der Waals surface area contributed by atoms with Crippen LogP contribution in [0.1, 0.15) is 20.3 Å². The van der Waals surface area contributed by atoms with E-state index >= 15 is 0 Å². The standard InChI is InChI=1S/C17H22N2O4S2.H2/c1-4-5-14-6-10-16(11-7-14)24(20,21)18-15-8-12-17(13-9-15)25(22,23)19(2)3;/h6-13,18H,4-5H2,1-3H3;1H. The Bertz CT molecular complexity index is 924. The molecule has 0 saturated heterocycles.